The quantitative estimate of drug-likeness (QED) is 0.613. The van der Waals surface area contributed by atoms with Crippen molar-refractivity contribution in [1.29, 1.82) is 0 Å². The number of halogens is 1. The number of ketones is 1. The van der Waals surface area contributed by atoms with Crippen molar-refractivity contribution in [3.05, 3.63) is 90.5 Å². The van der Waals surface area contributed by atoms with E-state index in [0.717, 1.165) is 10.4 Å². The van der Waals surface area contributed by atoms with Crippen LogP contribution in [0.2, 0.25) is 5.02 Å². The number of benzene rings is 1. The Morgan fingerprint density at radius 3 is 2.57 bits per heavy atom. The molecule has 2 N–H and O–H groups in total. The van der Waals surface area contributed by atoms with Gasteiger partial charge in [0, 0.05) is 27.6 Å². The van der Waals surface area contributed by atoms with Crippen LogP contribution in [0.4, 0.5) is 0 Å². The van der Waals surface area contributed by atoms with E-state index < -0.39 is 17.5 Å². The molecule has 0 spiro atoms. The summed E-state index contributed by atoms with van der Waals surface area (Å²) in [5.74, 6) is -0.580. The first-order valence-corrected chi connectivity index (χ1v) is 10.9. The number of carbonyl (C=O) groups is 2. The van der Waals surface area contributed by atoms with Gasteiger partial charge in [0.15, 0.2) is 5.78 Å². The molecule has 0 saturated carbocycles. The molecule has 1 aromatic carbocycles. The molecule has 4 rings (SSSR count). The predicted molar refractivity (Wildman–Crippen MR) is 119 cm³/mol. The van der Waals surface area contributed by atoms with E-state index in [1.54, 1.807) is 12.1 Å². The van der Waals surface area contributed by atoms with Crippen molar-refractivity contribution in [3.63, 3.8) is 0 Å². The van der Waals surface area contributed by atoms with Crippen molar-refractivity contribution in [2.75, 3.05) is 0 Å². The van der Waals surface area contributed by atoms with Gasteiger partial charge in [0.2, 0.25) is 0 Å². The van der Waals surface area contributed by atoms with Crippen molar-refractivity contribution in [3.8, 4) is 0 Å². The second-order valence-corrected chi connectivity index (χ2v) is 9.73. The lowest BCUT2D eigenvalue weighted by Crippen LogP contribution is -2.36. The van der Waals surface area contributed by atoms with Gasteiger partial charge in [0.05, 0.1) is 6.04 Å². The summed E-state index contributed by atoms with van der Waals surface area (Å²) in [7, 11) is 0. The van der Waals surface area contributed by atoms with Gasteiger partial charge in [-0.25, -0.2) is 0 Å². The number of carbonyl (C=O) groups excluding carboxylic acids is 2. The fourth-order valence-electron chi connectivity index (χ4n) is 3.83. The maximum atomic E-state index is 13.1. The fraction of sp³-hybridized carbons (Fsp3) is 0.261. The van der Waals surface area contributed by atoms with Crippen LogP contribution < -0.4 is 10.9 Å². The molecule has 2 heterocycles. The summed E-state index contributed by atoms with van der Waals surface area (Å²) in [6.45, 7) is 3.98. The summed E-state index contributed by atoms with van der Waals surface area (Å²) < 4.78 is 0. The average Bonchev–Trinajstić information content (AvgIpc) is 3.20. The molecule has 2 aromatic heterocycles. The molecule has 154 valence electrons. The zero-order chi connectivity index (χ0) is 21.5. The first-order chi connectivity index (χ1) is 14.2. The van der Waals surface area contributed by atoms with Crippen molar-refractivity contribution >= 4 is 34.6 Å². The lowest BCUT2D eigenvalue weighted by Gasteiger charge is -2.29. The zero-order valence-corrected chi connectivity index (χ0v) is 18.2. The van der Waals surface area contributed by atoms with Crippen LogP contribution >= 0.6 is 22.9 Å². The number of fused-ring (bicyclic) bond motifs is 1. The highest BCUT2D eigenvalue weighted by Gasteiger charge is 2.33. The van der Waals surface area contributed by atoms with E-state index in [0.29, 0.717) is 29.1 Å². The Kier molecular flexibility index (Phi) is 5.38. The summed E-state index contributed by atoms with van der Waals surface area (Å²) in [5.41, 5.74) is 1.12. The third-order valence-electron chi connectivity index (χ3n) is 5.27. The van der Waals surface area contributed by atoms with E-state index >= 15 is 0 Å². The summed E-state index contributed by atoms with van der Waals surface area (Å²) in [6.07, 6.45) is 0.976. The molecule has 0 radical (unpaired) electrons. The zero-order valence-electron chi connectivity index (χ0n) is 16.6. The van der Waals surface area contributed by atoms with Gasteiger partial charge in [-0.2, -0.15) is 0 Å². The number of rotatable bonds is 4. The van der Waals surface area contributed by atoms with Gasteiger partial charge in [-0.3, -0.25) is 14.4 Å². The normalized spacial score (nSPS) is 16.0. The Morgan fingerprint density at radius 2 is 1.90 bits per heavy atom. The Hall–Kier alpha value is -2.70. The van der Waals surface area contributed by atoms with Crippen LogP contribution in [0, 0.1) is 5.41 Å². The van der Waals surface area contributed by atoms with Crippen molar-refractivity contribution in [2.24, 2.45) is 5.41 Å². The van der Waals surface area contributed by atoms with Gasteiger partial charge in [0.25, 0.3) is 11.5 Å². The summed E-state index contributed by atoms with van der Waals surface area (Å²) in [5, 5.41) is 5.47. The van der Waals surface area contributed by atoms with Crippen LogP contribution in [-0.2, 0) is 6.42 Å². The van der Waals surface area contributed by atoms with Crippen LogP contribution in [0.15, 0.2) is 52.6 Å². The second-order valence-electron chi connectivity index (χ2n) is 8.32. The fourth-order valence-corrected chi connectivity index (χ4v) is 4.76. The number of pyridine rings is 1. The molecule has 0 saturated heterocycles. The molecule has 1 atom stereocenters. The summed E-state index contributed by atoms with van der Waals surface area (Å²) >= 11 is 7.51. The molecule has 0 bridgehead atoms. The van der Waals surface area contributed by atoms with Gasteiger partial charge in [0.1, 0.15) is 5.56 Å². The standard InChI is InChI=1S/C23H21ClN2O3S/c1-23(2)11-17-15(18(27)12-23)10-16(21(28)25-17)22(29)26-20(19-4-3-9-30-19)13-5-7-14(24)8-6-13/h3-10,20H,11-12H2,1-2H3,(H,25,28)(H,26,29). The highest BCUT2D eigenvalue weighted by Crippen LogP contribution is 2.33. The largest absolute Gasteiger partial charge is 0.340 e. The maximum absolute atomic E-state index is 13.1. The number of hydrogen-bond donors (Lipinski definition) is 2. The number of aromatic amines is 1. The minimum Gasteiger partial charge on any atom is -0.340 e. The smallest absolute Gasteiger partial charge is 0.261 e. The molecule has 0 fully saturated rings. The third kappa shape index (κ3) is 4.11. The Bertz CT molecular complexity index is 1160. The van der Waals surface area contributed by atoms with E-state index in [1.807, 2.05) is 43.5 Å². The molecular formula is C23H21ClN2O3S. The van der Waals surface area contributed by atoms with Crippen LogP contribution in [0.3, 0.4) is 0 Å². The number of thiophene rings is 1. The number of amides is 1. The van der Waals surface area contributed by atoms with Gasteiger partial charge >= 0.3 is 0 Å². The minimum absolute atomic E-state index is 0.0564. The molecule has 1 unspecified atom stereocenters. The molecule has 3 aromatic rings. The molecule has 0 aliphatic heterocycles. The number of aromatic nitrogens is 1. The molecule has 30 heavy (non-hydrogen) atoms. The van der Waals surface area contributed by atoms with E-state index in [2.05, 4.69) is 10.3 Å². The third-order valence-corrected chi connectivity index (χ3v) is 6.46. The van der Waals surface area contributed by atoms with Gasteiger partial charge in [-0.15, -0.1) is 11.3 Å². The Labute approximate surface area is 183 Å². The number of H-pyrrole nitrogens is 1. The first-order valence-electron chi connectivity index (χ1n) is 9.63. The first kappa shape index (κ1) is 20.6. The molecule has 1 aliphatic rings. The Morgan fingerprint density at radius 1 is 1.17 bits per heavy atom. The second kappa shape index (κ2) is 7.85. The van der Waals surface area contributed by atoms with E-state index in [4.69, 9.17) is 11.6 Å². The van der Waals surface area contributed by atoms with Crippen molar-refractivity contribution < 1.29 is 9.59 Å². The van der Waals surface area contributed by atoms with Gasteiger partial charge in [-0.05, 0) is 47.0 Å². The molecular weight excluding hydrogens is 420 g/mol. The van der Waals surface area contributed by atoms with Crippen molar-refractivity contribution in [2.45, 2.75) is 32.7 Å². The van der Waals surface area contributed by atoms with E-state index in [9.17, 15) is 14.4 Å². The van der Waals surface area contributed by atoms with Crippen LogP contribution in [0.5, 0.6) is 0 Å². The summed E-state index contributed by atoms with van der Waals surface area (Å²) in [6, 6.07) is 12.0. The predicted octanol–water partition coefficient (Wildman–Crippen LogP) is 4.76. The van der Waals surface area contributed by atoms with E-state index in [-0.39, 0.29) is 16.8 Å². The molecule has 5 nitrogen and oxygen atoms in total. The number of Topliss-reactive ketones (excluding diaryl/α,β-unsaturated/α-hetero) is 1. The minimum atomic E-state index is -0.523. The summed E-state index contributed by atoms with van der Waals surface area (Å²) in [4.78, 5) is 42.0. The highest BCUT2D eigenvalue weighted by atomic mass is 35.5. The molecule has 1 amide bonds. The monoisotopic (exact) mass is 440 g/mol. The topological polar surface area (TPSA) is 79.0 Å². The van der Waals surface area contributed by atoms with Crippen LogP contribution in [0.25, 0.3) is 0 Å². The lowest BCUT2D eigenvalue weighted by atomic mass is 9.75. The number of hydrogen-bond acceptors (Lipinski definition) is 4. The van der Waals surface area contributed by atoms with Gasteiger partial charge in [-0.1, -0.05) is 43.6 Å². The number of nitrogens with one attached hydrogen (secondary N) is 2. The van der Waals surface area contributed by atoms with Crippen LogP contribution in [-0.4, -0.2) is 16.7 Å². The molecule has 7 heteroatoms. The van der Waals surface area contributed by atoms with Crippen LogP contribution in [0.1, 0.15) is 63.2 Å². The molecule has 1 aliphatic carbocycles. The average molecular weight is 441 g/mol. The maximum Gasteiger partial charge on any atom is 0.261 e. The SMILES string of the molecule is CC1(C)CC(=O)c2cc(C(=O)NC(c3ccc(Cl)cc3)c3cccs3)c(=O)[nH]c2C1. The highest BCUT2D eigenvalue weighted by molar-refractivity contribution is 7.10. The van der Waals surface area contributed by atoms with Gasteiger partial charge < -0.3 is 10.3 Å². The van der Waals surface area contributed by atoms with E-state index in [1.165, 1.54) is 17.4 Å². The lowest BCUT2D eigenvalue weighted by molar-refractivity contribution is 0.0910. The Balaban J connectivity index is 1.68. The van der Waals surface area contributed by atoms with Crippen molar-refractivity contribution in [1.82, 2.24) is 10.3 Å².